The molecule has 2 heterocycles. The number of carbonyl (C=O) groups excluding carboxylic acids is 1. The molecule has 0 aliphatic heterocycles. The number of nitrogens with one attached hydrogen (secondary N) is 2. The van der Waals surface area contributed by atoms with Crippen LogP contribution in [0.15, 0.2) is 73.1 Å². The van der Waals surface area contributed by atoms with E-state index in [9.17, 15) is 9.18 Å². The summed E-state index contributed by atoms with van der Waals surface area (Å²) in [6.07, 6.45) is 3.12. The van der Waals surface area contributed by atoms with Crippen LogP contribution in [0.1, 0.15) is 10.5 Å². The summed E-state index contributed by atoms with van der Waals surface area (Å²) in [5, 5.41) is 3.05. The third-order valence-electron chi connectivity index (χ3n) is 4.11. The number of hydrogen-bond donors (Lipinski definition) is 2. The molecule has 0 saturated heterocycles. The topological polar surface area (TPSA) is 70.7 Å². The maximum atomic E-state index is 14.1. The highest BCUT2D eigenvalue weighted by molar-refractivity contribution is 6.33. The van der Waals surface area contributed by atoms with Crippen LogP contribution in [0.25, 0.3) is 22.6 Å². The Hall–Kier alpha value is -3.51. The molecule has 2 aromatic heterocycles. The Morgan fingerprint density at radius 1 is 0.964 bits per heavy atom. The number of anilines is 1. The Morgan fingerprint density at radius 2 is 1.79 bits per heavy atom. The number of para-hydroxylation sites is 1. The number of hydrogen-bond acceptors (Lipinski definition) is 3. The fraction of sp³-hybridized carbons (Fsp3) is 0. The van der Waals surface area contributed by atoms with Crippen molar-refractivity contribution in [3.63, 3.8) is 0 Å². The predicted octanol–water partition coefficient (Wildman–Crippen LogP) is 5.18. The van der Waals surface area contributed by atoms with Crippen LogP contribution < -0.4 is 5.32 Å². The third-order valence-corrected chi connectivity index (χ3v) is 4.43. The van der Waals surface area contributed by atoms with Gasteiger partial charge in [-0.2, -0.15) is 0 Å². The Bertz CT molecular complexity index is 1110. The first kappa shape index (κ1) is 17.9. The number of pyridine rings is 1. The number of carbonyl (C=O) groups is 1. The van der Waals surface area contributed by atoms with E-state index < -0.39 is 5.82 Å². The van der Waals surface area contributed by atoms with Crippen LogP contribution in [0.4, 0.5) is 10.1 Å². The monoisotopic (exact) mass is 392 g/mol. The summed E-state index contributed by atoms with van der Waals surface area (Å²) in [4.78, 5) is 23.7. The standard InChI is InChI=1S/C21H14ClFN4O/c22-15-7-4-8-16(23)19(15)20-25-12-18(27-20)13-9-10-17(24-11-13)21(28)26-14-5-2-1-3-6-14/h1-12H,(H,25,27)(H,26,28). The fourth-order valence-electron chi connectivity index (χ4n) is 2.72. The van der Waals surface area contributed by atoms with E-state index in [1.807, 2.05) is 18.2 Å². The van der Waals surface area contributed by atoms with Crippen molar-refractivity contribution in [3.05, 3.63) is 89.6 Å². The second-order valence-corrected chi connectivity index (χ2v) is 6.40. The van der Waals surface area contributed by atoms with Crippen molar-refractivity contribution in [1.29, 1.82) is 0 Å². The third kappa shape index (κ3) is 3.63. The van der Waals surface area contributed by atoms with Gasteiger partial charge in [0.1, 0.15) is 17.3 Å². The maximum absolute atomic E-state index is 14.1. The lowest BCUT2D eigenvalue weighted by atomic mass is 10.2. The average molecular weight is 393 g/mol. The molecule has 0 saturated carbocycles. The zero-order valence-corrected chi connectivity index (χ0v) is 15.2. The minimum atomic E-state index is -0.459. The molecule has 4 aromatic rings. The molecule has 2 aromatic carbocycles. The number of halogens is 2. The van der Waals surface area contributed by atoms with Crippen molar-refractivity contribution in [1.82, 2.24) is 15.0 Å². The zero-order chi connectivity index (χ0) is 19.5. The van der Waals surface area contributed by atoms with Crippen molar-refractivity contribution in [2.24, 2.45) is 0 Å². The molecule has 0 fully saturated rings. The van der Waals surface area contributed by atoms with Gasteiger partial charge in [0.15, 0.2) is 0 Å². The first-order chi connectivity index (χ1) is 13.6. The summed E-state index contributed by atoms with van der Waals surface area (Å²) in [6.45, 7) is 0. The first-order valence-electron chi connectivity index (χ1n) is 8.44. The number of aromatic amines is 1. The lowest BCUT2D eigenvalue weighted by Crippen LogP contribution is -2.13. The smallest absolute Gasteiger partial charge is 0.274 e. The predicted molar refractivity (Wildman–Crippen MR) is 107 cm³/mol. The number of rotatable bonds is 4. The van der Waals surface area contributed by atoms with E-state index >= 15 is 0 Å². The van der Waals surface area contributed by atoms with Gasteiger partial charge in [-0.25, -0.2) is 9.37 Å². The van der Waals surface area contributed by atoms with Crippen LogP contribution in [-0.2, 0) is 0 Å². The van der Waals surface area contributed by atoms with Crippen LogP contribution in [0.3, 0.4) is 0 Å². The highest BCUT2D eigenvalue weighted by Crippen LogP contribution is 2.30. The van der Waals surface area contributed by atoms with E-state index in [1.165, 1.54) is 12.1 Å². The maximum Gasteiger partial charge on any atom is 0.274 e. The second kappa shape index (κ2) is 7.62. The van der Waals surface area contributed by atoms with Crippen molar-refractivity contribution >= 4 is 23.2 Å². The van der Waals surface area contributed by atoms with E-state index in [1.54, 1.807) is 42.7 Å². The molecule has 0 bridgehead atoms. The molecule has 0 aliphatic rings. The van der Waals surface area contributed by atoms with Crippen LogP contribution in [0, 0.1) is 5.82 Å². The van der Waals surface area contributed by atoms with E-state index in [2.05, 4.69) is 20.3 Å². The summed E-state index contributed by atoms with van der Waals surface area (Å²) in [5.74, 6) is -0.440. The van der Waals surface area contributed by atoms with E-state index in [0.717, 1.165) is 0 Å². The lowest BCUT2D eigenvalue weighted by molar-refractivity contribution is 0.102. The molecule has 2 N–H and O–H groups in total. The Balaban J connectivity index is 1.55. The number of aromatic nitrogens is 3. The molecule has 0 atom stereocenters. The van der Waals surface area contributed by atoms with Crippen LogP contribution in [-0.4, -0.2) is 20.9 Å². The molecule has 0 unspecified atom stereocenters. The van der Waals surface area contributed by atoms with Crippen LogP contribution in [0.2, 0.25) is 5.02 Å². The normalized spacial score (nSPS) is 10.6. The second-order valence-electron chi connectivity index (χ2n) is 5.99. The highest BCUT2D eigenvalue weighted by atomic mass is 35.5. The molecule has 7 heteroatoms. The summed E-state index contributed by atoms with van der Waals surface area (Å²) in [6, 6.07) is 17.0. The summed E-state index contributed by atoms with van der Waals surface area (Å²) in [5.41, 5.74) is 2.53. The number of nitrogens with zero attached hydrogens (tertiary/aromatic N) is 2. The van der Waals surface area contributed by atoms with Gasteiger partial charge in [-0.3, -0.25) is 9.78 Å². The molecule has 4 rings (SSSR count). The SMILES string of the molecule is O=C(Nc1ccccc1)c1ccc(-c2cnc(-c3c(F)cccc3Cl)[nH]2)cn1. The van der Waals surface area contributed by atoms with Gasteiger partial charge in [-0.05, 0) is 36.4 Å². The molecule has 1 amide bonds. The highest BCUT2D eigenvalue weighted by Gasteiger charge is 2.14. The quantitative estimate of drug-likeness (QED) is 0.502. The molecule has 138 valence electrons. The van der Waals surface area contributed by atoms with E-state index in [4.69, 9.17) is 11.6 Å². The van der Waals surface area contributed by atoms with Gasteiger partial charge in [0.05, 0.1) is 22.5 Å². The van der Waals surface area contributed by atoms with Crippen LogP contribution >= 0.6 is 11.6 Å². The van der Waals surface area contributed by atoms with Gasteiger partial charge in [0.25, 0.3) is 5.91 Å². The number of H-pyrrole nitrogens is 1. The van der Waals surface area contributed by atoms with Crippen molar-refractivity contribution < 1.29 is 9.18 Å². The Morgan fingerprint density at radius 3 is 2.50 bits per heavy atom. The average Bonchev–Trinajstić information content (AvgIpc) is 3.18. The van der Waals surface area contributed by atoms with Gasteiger partial charge in [-0.1, -0.05) is 35.9 Å². The van der Waals surface area contributed by atoms with Crippen molar-refractivity contribution in [2.45, 2.75) is 0 Å². The Kier molecular flexibility index (Phi) is 4.87. The zero-order valence-electron chi connectivity index (χ0n) is 14.5. The van der Waals surface area contributed by atoms with E-state index in [-0.39, 0.29) is 22.2 Å². The number of imidazole rings is 1. The molecule has 0 aliphatic carbocycles. The molecule has 5 nitrogen and oxygen atoms in total. The van der Waals surface area contributed by atoms with Gasteiger partial charge in [0, 0.05) is 17.4 Å². The van der Waals surface area contributed by atoms with Gasteiger partial charge < -0.3 is 10.3 Å². The minimum Gasteiger partial charge on any atom is -0.338 e. The molecule has 0 spiro atoms. The van der Waals surface area contributed by atoms with Gasteiger partial charge >= 0.3 is 0 Å². The molecule has 0 radical (unpaired) electrons. The summed E-state index contributed by atoms with van der Waals surface area (Å²) in [7, 11) is 0. The molecular weight excluding hydrogens is 379 g/mol. The van der Waals surface area contributed by atoms with Crippen LogP contribution in [0.5, 0.6) is 0 Å². The first-order valence-corrected chi connectivity index (χ1v) is 8.82. The molecule has 28 heavy (non-hydrogen) atoms. The summed E-state index contributed by atoms with van der Waals surface area (Å²) >= 11 is 6.08. The van der Waals surface area contributed by atoms with Crippen molar-refractivity contribution in [3.8, 4) is 22.6 Å². The van der Waals surface area contributed by atoms with Gasteiger partial charge in [-0.15, -0.1) is 0 Å². The molecular formula is C21H14ClFN4O. The number of benzene rings is 2. The number of amides is 1. The summed E-state index contributed by atoms with van der Waals surface area (Å²) < 4.78 is 14.1. The van der Waals surface area contributed by atoms with E-state index in [0.29, 0.717) is 22.8 Å². The largest absolute Gasteiger partial charge is 0.338 e. The van der Waals surface area contributed by atoms with Gasteiger partial charge in [0.2, 0.25) is 0 Å². The lowest BCUT2D eigenvalue weighted by Gasteiger charge is -2.05. The minimum absolute atomic E-state index is 0.210. The Labute approximate surface area is 165 Å². The fourth-order valence-corrected chi connectivity index (χ4v) is 2.98. The van der Waals surface area contributed by atoms with Crippen molar-refractivity contribution in [2.75, 3.05) is 5.32 Å².